The zero-order chi connectivity index (χ0) is 13.0. The molecule has 4 heteroatoms. The SMILES string of the molecule is Cc1nn(C)c(Cl)c1CNCCc1ccccc1. The lowest BCUT2D eigenvalue weighted by atomic mass is 10.1. The number of benzene rings is 1. The number of halogens is 1. The number of hydrogen-bond donors (Lipinski definition) is 1. The highest BCUT2D eigenvalue weighted by molar-refractivity contribution is 6.30. The second-order valence-corrected chi connectivity index (χ2v) is 4.75. The first kappa shape index (κ1) is 13.1. The molecule has 0 saturated heterocycles. The summed E-state index contributed by atoms with van der Waals surface area (Å²) < 4.78 is 1.71. The van der Waals surface area contributed by atoms with E-state index in [1.165, 1.54) is 5.56 Å². The van der Waals surface area contributed by atoms with Gasteiger partial charge in [0.1, 0.15) is 5.15 Å². The summed E-state index contributed by atoms with van der Waals surface area (Å²) in [4.78, 5) is 0. The van der Waals surface area contributed by atoms with Gasteiger partial charge in [0, 0.05) is 19.2 Å². The number of rotatable bonds is 5. The first-order valence-corrected chi connectivity index (χ1v) is 6.49. The monoisotopic (exact) mass is 263 g/mol. The maximum atomic E-state index is 6.17. The predicted molar refractivity (Wildman–Crippen MR) is 74.8 cm³/mol. The van der Waals surface area contributed by atoms with Crippen molar-refractivity contribution in [2.24, 2.45) is 7.05 Å². The Hall–Kier alpha value is -1.32. The molecule has 0 fully saturated rings. The van der Waals surface area contributed by atoms with Crippen LogP contribution in [0.15, 0.2) is 30.3 Å². The van der Waals surface area contributed by atoms with Gasteiger partial charge in [-0.2, -0.15) is 5.10 Å². The number of aryl methyl sites for hydroxylation is 2. The quantitative estimate of drug-likeness (QED) is 0.841. The van der Waals surface area contributed by atoms with Crippen molar-refractivity contribution in [3.63, 3.8) is 0 Å². The lowest BCUT2D eigenvalue weighted by Gasteiger charge is -2.05. The zero-order valence-corrected chi connectivity index (χ0v) is 11.5. The summed E-state index contributed by atoms with van der Waals surface area (Å²) in [6.45, 7) is 3.69. The maximum absolute atomic E-state index is 6.17. The van der Waals surface area contributed by atoms with Gasteiger partial charge in [-0.1, -0.05) is 41.9 Å². The Morgan fingerprint density at radius 1 is 1.28 bits per heavy atom. The van der Waals surface area contributed by atoms with Gasteiger partial charge in [0.2, 0.25) is 0 Å². The van der Waals surface area contributed by atoms with E-state index in [0.717, 1.165) is 35.9 Å². The topological polar surface area (TPSA) is 29.9 Å². The van der Waals surface area contributed by atoms with Crippen molar-refractivity contribution < 1.29 is 0 Å². The molecular weight excluding hydrogens is 246 g/mol. The maximum Gasteiger partial charge on any atom is 0.131 e. The summed E-state index contributed by atoms with van der Waals surface area (Å²) in [7, 11) is 1.86. The summed E-state index contributed by atoms with van der Waals surface area (Å²) in [5.74, 6) is 0. The molecule has 18 heavy (non-hydrogen) atoms. The van der Waals surface area contributed by atoms with Crippen LogP contribution in [0.2, 0.25) is 5.15 Å². The molecule has 0 spiro atoms. The highest BCUT2D eigenvalue weighted by atomic mass is 35.5. The van der Waals surface area contributed by atoms with Crippen LogP contribution in [0.4, 0.5) is 0 Å². The molecule has 2 rings (SSSR count). The van der Waals surface area contributed by atoms with E-state index in [4.69, 9.17) is 11.6 Å². The van der Waals surface area contributed by atoms with Crippen LogP contribution in [0.5, 0.6) is 0 Å². The zero-order valence-electron chi connectivity index (χ0n) is 10.8. The predicted octanol–water partition coefficient (Wildman–Crippen LogP) is 2.71. The van der Waals surface area contributed by atoms with Crippen molar-refractivity contribution in [3.8, 4) is 0 Å². The molecule has 1 N–H and O–H groups in total. The van der Waals surface area contributed by atoms with Crippen molar-refractivity contribution >= 4 is 11.6 Å². The van der Waals surface area contributed by atoms with Gasteiger partial charge in [-0.05, 0) is 25.5 Å². The van der Waals surface area contributed by atoms with Crippen molar-refractivity contribution in [2.45, 2.75) is 19.9 Å². The van der Waals surface area contributed by atoms with E-state index < -0.39 is 0 Å². The van der Waals surface area contributed by atoms with Crippen LogP contribution >= 0.6 is 11.6 Å². The molecule has 0 amide bonds. The van der Waals surface area contributed by atoms with Gasteiger partial charge in [0.05, 0.1) is 5.69 Å². The first-order chi connectivity index (χ1) is 8.68. The molecule has 0 aliphatic rings. The first-order valence-electron chi connectivity index (χ1n) is 6.11. The molecule has 0 aliphatic heterocycles. The van der Waals surface area contributed by atoms with Crippen molar-refractivity contribution in [2.75, 3.05) is 6.54 Å². The van der Waals surface area contributed by atoms with Crippen LogP contribution in [0.25, 0.3) is 0 Å². The van der Waals surface area contributed by atoms with Gasteiger partial charge in [0.15, 0.2) is 0 Å². The highest BCUT2D eigenvalue weighted by Gasteiger charge is 2.09. The van der Waals surface area contributed by atoms with Crippen molar-refractivity contribution in [1.29, 1.82) is 0 Å². The van der Waals surface area contributed by atoms with Crippen LogP contribution in [-0.2, 0) is 20.0 Å². The third-order valence-electron chi connectivity index (χ3n) is 3.00. The molecule has 1 aromatic carbocycles. The average molecular weight is 264 g/mol. The second kappa shape index (κ2) is 6.03. The van der Waals surface area contributed by atoms with E-state index in [9.17, 15) is 0 Å². The lowest BCUT2D eigenvalue weighted by Crippen LogP contribution is -2.17. The molecule has 3 nitrogen and oxygen atoms in total. The van der Waals surface area contributed by atoms with Crippen LogP contribution in [-0.4, -0.2) is 16.3 Å². The summed E-state index contributed by atoms with van der Waals surface area (Å²) in [5.41, 5.74) is 3.43. The molecule has 0 atom stereocenters. The van der Waals surface area contributed by atoms with E-state index in [0.29, 0.717) is 0 Å². The van der Waals surface area contributed by atoms with E-state index in [-0.39, 0.29) is 0 Å². The van der Waals surface area contributed by atoms with Crippen LogP contribution < -0.4 is 5.32 Å². The van der Waals surface area contributed by atoms with E-state index in [1.807, 2.05) is 20.0 Å². The van der Waals surface area contributed by atoms with Crippen LogP contribution in [0, 0.1) is 6.92 Å². The number of hydrogen-bond acceptors (Lipinski definition) is 2. The van der Waals surface area contributed by atoms with E-state index >= 15 is 0 Å². The minimum absolute atomic E-state index is 0.722. The van der Waals surface area contributed by atoms with Gasteiger partial charge < -0.3 is 5.32 Å². The molecule has 0 bridgehead atoms. The molecule has 0 radical (unpaired) electrons. The van der Waals surface area contributed by atoms with Gasteiger partial charge in [-0.15, -0.1) is 0 Å². The van der Waals surface area contributed by atoms with Gasteiger partial charge in [0.25, 0.3) is 0 Å². The third kappa shape index (κ3) is 3.12. The summed E-state index contributed by atoms with van der Waals surface area (Å²) in [6.07, 6.45) is 1.03. The largest absolute Gasteiger partial charge is 0.312 e. The van der Waals surface area contributed by atoms with Gasteiger partial charge in [-0.3, -0.25) is 4.68 Å². The van der Waals surface area contributed by atoms with Gasteiger partial charge in [-0.25, -0.2) is 0 Å². The third-order valence-corrected chi connectivity index (χ3v) is 3.48. The normalized spacial score (nSPS) is 10.8. The average Bonchev–Trinajstić information content (AvgIpc) is 2.61. The van der Waals surface area contributed by atoms with Crippen molar-refractivity contribution in [3.05, 3.63) is 52.3 Å². The fraction of sp³-hybridized carbons (Fsp3) is 0.357. The fourth-order valence-electron chi connectivity index (χ4n) is 1.97. The van der Waals surface area contributed by atoms with Crippen molar-refractivity contribution in [1.82, 2.24) is 15.1 Å². The molecule has 0 unspecified atom stereocenters. The molecule has 1 aromatic heterocycles. The Morgan fingerprint density at radius 2 is 2.00 bits per heavy atom. The summed E-state index contributed by atoms with van der Waals surface area (Å²) in [6, 6.07) is 10.5. The number of nitrogens with one attached hydrogen (secondary N) is 1. The Kier molecular flexibility index (Phi) is 4.39. The minimum atomic E-state index is 0.722. The summed E-state index contributed by atoms with van der Waals surface area (Å²) >= 11 is 6.17. The Balaban J connectivity index is 1.82. The number of nitrogens with zero attached hydrogens (tertiary/aromatic N) is 2. The Labute approximate surface area is 113 Å². The second-order valence-electron chi connectivity index (χ2n) is 4.39. The molecule has 1 heterocycles. The molecule has 0 saturated carbocycles. The minimum Gasteiger partial charge on any atom is -0.312 e. The molecule has 0 aliphatic carbocycles. The Bertz CT molecular complexity index is 505. The van der Waals surface area contributed by atoms with E-state index in [1.54, 1.807) is 4.68 Å². The lowest BCUT2D eigenvalue weighted by molar-refractivity contribution is 0.684. The number of aromatic nitrogens is 2. The molecule has 96 valence electrons. The summed E-state index contributed by atoms with van der Waals surface area (Å²) in [5, 5.41) is 8.42. The van der Waals surface area contributed by atoms with Crippen LogP contribution in [0.1, 0.15) is 16.8 Å². The fourth-order valence-corrected chi connectivity index (χ4v) is 2.21. The van der Waals surface area contributed by atoms with E-state index in [2.05, 4.69) is 34.7 Å². The highest BCUT2D eigenvalue weighted by Crippen LogP contribution is 2.17. The molecule has 2 aromatic rings. The van der Waals surface area contributed by atoms with Gasteiger partial charge >= 0.3 is 0 Å². The standard InChI is InChI=1S/C14H18ClN3/c1-11-13(14(15)18(2)17-11)10-16-9-8-12-6-4-3-5-7-12/h3-7,16H,8-10H2,1-2H3. The smallest absolute Gasteiger partial charge is 0.131 e. The molecular formula is C14H18ClN3. The Morgan fingerprint density at radius 3 is 2.61 bits per heavy atom. The van der Waals surface area contributed by atoms with Crippen LogP contribution in [0.3, 0.4) is 0 Å².